The SMILES string of the molecule is Cl.N#Cc1ccnc(Nc2cc(C3CC3)cc(-c3ccc(N4CCSCC4)nc3)n2)c1. The number of thioether (sulfide) groups is 1. The van der Waals surface area contributed by atoms with Gasteiger partial charge in [0.1, 0.15) is 17.5 Å². The molecule has 31 heavy (non-hydrogen) atoms. The molecule has 4 heterocycles. The predicted molar refractivity (Wildman–Crippen MR) is 128 cm³/mol. The second kappa shape index (κ2) is 9.54. The Kier molecular flexibility index (Phi) is 6.59. The summed E-state index contributed by atoms with van der Waals surface area (Å²) in [6, 6.07) is 14.1. The Bertz CT molecular complexity index is 1090. The molecule has 0 radical (unpaired) electrons. The maximum atomic E-state index is 9.13. The van der Waals surface area contributed by atoms with Crippen LogP contribution in [0, 0.1) is 11.3 Å². The zero-order chi connectivity index (χ0) is 20.3. The molecule has 0 atom stereocenters. The van der Waals surface area contributed by atoms with Crippen molar-refractivity contribution in [2.24, 2.45) is 0 Å². The number of nitriles is 1. The van der Waals surface area contributed by atoms with Gasteiger partial charge in [0, 0.05) is 42.6 Å². The first-order chi connectivity index (χ1) is 14.8. The minimum atomic E-state index is 0. The molecule has 0 amide bonds. The number of anilines is 3. The third kappa shape index (κ3) is 5.09. The smallest absolute Gasteiger partial charge is 0.132 e. The standard InChI is InChI=1S/C23H22N6S.ClH/c24-14-16-5-6-25-21(11-16)28-22-13-19(17-1-2-17)12-20(27-22)18-3-4-23(26-15-18)29-7-9-30-10-8-29;/h3-6,11-13,15,17H,1-2,7-10H2,(H,25,27,28);1H. The molecule has 158 valence electrons. The minimum Gasteiger partial charge on any atom is -0.355 e. The van der Waals surface area contributed by atoms with Crippen molar-refractivity contribution in [1.29, 1.82) is 5.26 Å². The Morgan fingerprint density at radius 1 is 1.03 bits per heavy atom. The summed E-state index contributed by atoms with van der Waals surface area (Å²) in [6.45, 7) is 2.10. The predicted octanol–water partition coefficient (Wildman–Crippen LogP) is 5.01. The lowest BCUT2D eigenvalue weighted by Gasteiger charge is -2.27. The zero-order valence-corrected chi connectivity index (χ0v) is 18.6. The number of hydrogen-bond donors (Lipinski definition) is 1. The number of nitrogens with zero attached hydrogens (tertiary/aromatic N) is 5. The number of nitrogens with one attached hydrogen (secondary N) is 1. The fourth-order valence-electron chi connectivity index (χ4n) is 3.63. The molecule has 5 rings (SSSR count). The molecule has 2 aliphatic rings. The van der Waals surface area contributed by atoms with Gasteiger partial charge in [-0.1, -0.05) is 0 Å². The fraction of sp³-hybridized carbons (Fsp3) is 0.304. The summed E-state index contributed by atoms with van der Waals surface area (Å²) in [5.41, 5.74) is 3.78. The van der Waals surface area contributed by atoms with Crippen molar-refractivity contribution in [2.75, 3.05) is 34.8 Å². The van der Waals surface area contributed by atoms with Crippen LogP contribution < -0.4 is 10.2 Å². The molecule has 1 saturated carbocycles. The van der Waals surface area contributed by atoms with Gasteiger partial charge in [-0.25, -0.2) is 15.0 Å². The summed E-state index contributed by atoms with van der Waals surface area (Å²) in [7, 11) is 0. The van der Waals surface area contributed by atoms with E-state index in [9.17, 15) is 0 Å². The van der Waals surface area contributed by atoms with Gasteiger partial charge >= 0.3 is 0 Å². The molecule has 3 aromatic heterocycles. The van der Waals surface area contributed by atoms with E-state index in [1.54, 1.807) is 18.3 Å². The van der Waals surface area contributed by atoms with Crippen molar-refractivity contribution < 1.29 is 0 Å². The van der Waals surface area contributed by atoms with Crippen LogP contribution >= 0.6 is 24.2 Å². The van der Waals surface area contributed by atoms with Crippen LogP contribution in [0.25, 0.3) is 11.3 Å². The number of pyridine rings is 3. The third-order valence-electron chi connectivity index (χ3n) is 5.42. The number of halogens is 1. The Balaban J connectivity index is 0.00000231. The number of hydrogen-bond acceptors (Lipinski definition) is 7. The van der Waals surface area contributed by atoms with Crippen molar-refractivity contribution in [3.05, 3.63) is 59.9 Å². The summed E-state index contributed by atoms with van der Waals surface area (Å²) >= 11 is 2.00. The fourth-order valence-corrected chi connectivity index (χ4v) is 4.54. The first kappa shape index (κ1) is 21.4. The van der Waals surface area contributed by atoms with Gasteiger partial charge in [-0.2, -0.15) is 17.0 Å². The molecular formula is C23H23ClN6S. The minimum absolute atomic E-state index is 0. The summed E-state index contributed by atoms with van der Waals surface area (Å²) in [4.78, 5) is 16.2. The van der Waals surface area contributed by atoms with Gasteiger partial charge < -0.3 is 10.2 Å². The van der Waals surface area contributed by atoms with E-state index in [1.807, 2.05) is 18.0 Å². The largest absolute Gasteiger partial charge is 0.355 e. The number of aromatic nitrogens is 3. The van der Waals surface area contributed by atoms with Crippen LogP contribution in [0.1, 0.15) is 29.9 Å². The van der Waals surface area contributed by atoms with E-state index in [0.29, 0.717) is 17.3 Å². The summed E-state index contributed by atoms with van der Waals surface area (Å²) < 4.78 is 0. The van der Waals surface area contributed by atoms with Gasteiger partial charge in [0.2, 0.25) is 0 Å². The first-order valence-corrected chi connectivity index (χ1v) is 11.4. The molecule has 1 N–H and O–H groups in total. The maximum Gasteiger partial charge on any atom is 0.132 e. The second-order valence-corrected chi connectivity index (χ2v) is 8.84. The van der Waals surface area contributed by atoms with Gasteiger partial charge in [-0.15, -0.1) is 12.4 Å². The molecule has 1 aliphatic carbocycles. The van der Waals surface area contributed by atoms with E-state index in [2.05, 4.69) is 45.5 Å². The monoisotopic (exact) mass is 450 g/mol. The van der Waals surface area contributed by atoms with Gasteiger partial charge in [-0.05, 0) is 60.7 Å². The van der Waals surface area contributed by atoms with E-state index < -0.39 is 0 Å². The van der Waals surface area contributed by atoms with Crippen molar-refractivity contribution in [3.8, 4) is 17.3 Å². The van der Waals surface area contributed by atoms with E-state index in [1.165, 1.54) is 18.4 Å². The summed E-state index contributed by atoms with van der Waals surface area (Å²) in [5.74, 6) is 5.32. The van der Waals surface area contributed by atoms with E-state index >= 15 is 0 Å². The highest BCUT2D eigenvalue weighted by Crippen LogP contribution is 2.42. The van der Waals surface area contributed by atoms with E-state index in [0.717, 1.165) is 47.5 Å². The van der Waals surface area contributed by atoms with Crippen LogP contribution in [0.15, 0.2) is 48.8 Å². The van der Waals surface area contributed by atoms with Crippen molar-refractivity contribution in [3.63, 3.8) is 0 Å². The van der Waals surface area contributed by atoms with Gasteiger partial charge in [0.15, 0.2) is 0 Å². The topological polar surface area (TPSA) is 77.7 Å². The molecule has 0 aromatic carbocycles. The van der Waals surface area contributed by atoms with Gasteiger partial charge in [0.25, 0.3) is 0 Å². The van der Waals surface area contributed by atoms with Crippen LogP contribution in [0.2, 0.25) is 0 Å². The Morgan fingerprint density at radius 2 is 1.87 bits per heavy atom. The molecule has 3 aromatic rings. The molecule has 0 spiro atoms. The highest BCUT2D eigenvalue weighted by Gasteiger charge is 2.25. The molecule has 6 nitrogen and oxygen atoms in total. The first-order valence-electron chi connectivity index (χ1n) is 10.2. The van der Waals surface area contributed by atoms with Crippen LogP contribution in [-0.2, 0) is 0 Å². The molecule has 8 heteroatoms. The Hall–Kier alpha value is -2.82. The average Bonchev–Trinajstić information content (AvgIpc) is 3.65. The lowest BCUT2D eigenvalue weighted by molar-refractivity contribution is 0.839. The molecule has 1 aliphatic heterocycles. The summed E-state index contributed by atoms with van der Waals surface area (Å²) in [5, 5.41) is 12.4. The molecule has 2 fully saturated rings. The lowest BCUT2D eigenvalue weighted by Crippen LogP contribution is -2.32. The van der Waals surface area contributed by atoms with Crippen LogP contribution in [0.4, 0.5) is 17.5 Å². The highest BCUT2D eigenvalue weighted by atomic mass is 35.5. The average molecular weight is 451 g/mol. The van der Waals surface area contributed by atoms with Crippen molar-refractivity contribution in [1.82, 2.24) is 15.0 Å². The number of rotatable bonds is 5. The molecular weight excluding hydrogens is 428 g/mol. The van der Waals surface area contributed by atoms with Gasteiger partial charge in [0.05, 0.1) is 17.3 Å². The quantitative estimate of drug-likeness (QED) is 0.585. The van der Waals surface area contributed by atoms with Crippen molar-refractivity contribution in [2.45, 2.75) is 18.8 Å². The van der Waals surface area contributed by atoms with Crippen LogP contribution in [0.5, 0.6) is 0 Å². The molecule has 0 unspecified atom stereocenters. The lowest BCUT2D eigenvalue weighted by atomic mass is 10.1. The molecule has 1 saturated heterocycles. The van der Waals surface area contributed by atoms with E-state index in [4.69, 9.17) is 15.2 Å². The Labute approximate surface area is 192 Å². The van der Waals surface area contributed by atoms with Gasteiger partial charge in [-0.3, -0.25) is 0 Å². The van der Waals surface area contributed by atoms with Crippen LogP contribution in [-0.4, -0.2) is 39.5 Å². The normalized spacial score (nSPS) is 15.6. The van der Waals surface area contributed by atoms with Crippen molar-refractivity contribution >= 4 is 41.6 Å². The van der Waals surface area contributed by atoms with Crippen LogP contribution in [0.3, 0.4) is 0 Å². The molecule has 0 bridgehead atoms. The third-order valence-corrected chi connectivity index (χ3v) is 6.36. The summed E-state index contributed by atoms with van der Waals surface area (Å²) in [6.07, 6.45) is 5.99. The second-order valence-electron chi connectivity index (χ2n) is 7.62. The zero-order valence-electron chi connectivity index (χ0n) is 17.0. The maximum absolute atomic E-state index is 9.13. The van der Waals surface area contributed by atoms with E-state index in [-0.39, 0.29) is 12.4 Å². The highest BCUT2D eigenvalue weighted by molar-refractivity contribution is 7.99. The Morgan fingerprint density at radius 3 is 2.58 bits per heavy atom.